The zero-order valence-corrected chi connectivity index (χ0v) is 16.9. The van der Waals surface area contributed by atoms with Gasteiger partial charge in [0.2, 0.25) is 0 Å². The van der Waals surface area contributed by atoms with Crippen LogP contribution in [-0.4, -0.2) is 39.2 Å². The molecular formula is C22H24F3N3O2. The molecule has 4 rings (SSSR count). The number of rotatable bonds is 6. The second-order valence-electron chi connectivity index (χ2n) is 8.27. The molecule has 2 aromatic rings. The third-order valence-electron chi connectivity index (χ3n) is 5.73. The molecule has 2 unspecified atom stereocenters. The van der Waals surface area contributed by atoms with E-state index in [0.29, 0.717) is 30.1 Å². The smallest absolute Gasteiger partial charge is 0.406 e. The van der Waals surface area contributed by atoms with Crippen molar-refractivity contribution >= 4 is 5.91 Å². The van der Waals surface area contributed by atoms with Crippen LogP contribution < -0.4 is 4.74 Å². The standard InChI is InChI=1S/C22H24F3N3O2/c1-13-7-14(2)28(13)21(29)18-11-26-20(27-12-18)6-3-15-8-17(16-4-5-16)10-19(9-15)30-22(23,24)25/h8-14,16H,3-7H2,1-2H3. The van der Waals surface area contributed by atoms with Gasteiger partial charge in [0.1, 0.15) is 11.6 Å². The number of carbonyl (C=O) groups excluding carboxylic acids is 1. The molecule has 2 fully saturated rings. The van der Waals surface area contributed by atoms with Gasteiger partial charge in [0.05, 0.1) is 5.56 Å². The molecule has 8 heteroatoms. The fraction of sp³-hybridized carbons (Fsp3) is 0.500. The number of nitrogens with zero attached hydrogens (tertiary/aromatic N) is 3. The summed E-state index contributed by atoms with van der Waals surface area (Å²) in [4.78, 5) is 22.9. The van der Waals surface area contributed by atoms with E-state index in [2.05, 4.69) is 14.7 Å². The van der Waals surface area contributed by atoms with Crippen molar-refractivity contribution in [3.63, 3.8) is 0 Å². The number of benzene rings is 1. The van der Waals surface area contributed by atoms with Crippen molar-refractivity contribution in [1.29, 1.82) is 0 Å². The molecule has 0 bridgehead atoms. The summed E-state index contributed by atoms with van der Waals surface area (Å²) in [6.07, 6.45) is 2.26. The van der Waals surface area contributed by atoms with Crippen LogP contribution in [0.3, 0.4) is 0 Å². The fourth-order valence-corrected chi connectivity index (χ4v) is 4.09. The molecule has 5 nitrogen and oxygen atoms in total. The zero-order chi connectivity index (χ0) is 21.5. The van der Waals surface area contributed by atoms with E-state index in [-0.39, 0.29) is 23.7 Å². The quantitative estimate of drug-likeness (QED) is 0.683. The lowest BCUT2D eigenvalue weighted by molar-refractivity contribution is -0.274. The van der Waals surface area contributed by atoms with Gasteiger partial charge in [-0.1, -0.05) is 6.07 Å². The first-order chi connectivity index (χ1) is 14.2. The minimum atomic E-state index is -4.71. The summed E-state index contributed by atoms with van der Waals surface area (Å²) in [6, 6.07) is 5.27. The summed E-state index contributed by atoms with van der Waals surface area (Å²) in [6.45, 7) is 4.03. The van der Waals surface area contributed by atoms with Gasteiger partial charge in [-0.25, -0.2) is 9.97 Å². The van der Waals surface area contributed by atoms with Crippen molar-refractivity contribution in [1.82, 2.24) is 14.9 Å². The molecule has 2 heterocycles. The Morgan fingerprint density at radius 1 is 1.10 bits per heavy atom. The summed E-state index contributed by atoms with van der Waals surface area (Å²) in [5.74, 6) is 0.611. The molecule has 160 valence electrons. The van der Waals surface area contributed by atoms with E-state index < -0.39 is 6.36 Å². The van der Waals surface area contributed by atoms with Gasteiger partial charge in [0.25, 0.3) is 5.91 Å². The molecular weight excluding hydrogens is 395 g/mol. The van der Waals surface area contributed by atoms with E-state index in [1.54, 1.807) is 0 Å². The third-order valence-corrected chi connectivity index (χ3v) is 5.73. The van der Waals surface area contributed by atoms with Crippen LogP contribution in [0, 0.1) is 0 Å². The molecule has 0 spiro atoms. The van der Waals surface area contributed by atoms with E-state index in [1.807, 2.05) is 24.8 Å². The van der Waals surface area contributed by atoms with Gasteiger partial charge in [-0.2, -0.15) is 0 Å². The fourth-order valence-electron chi connectivity index (χ4n) is 4.09. The van der Waals surface area contributed by atoms with Gasteiger partial charge in [-0.05, 0) is 68.7 Å². The van der Waals surface area contributed by atoms with Crippen molar-refractivity contribution in [3.8, 4) is 5.75 Å². The summed E-state index contributed by atoms with van der Waals surface area (Å²) in [5.41, 5.74) is 2.09. The Bertz CT molecular complexity index is 918. The van der Waals surface area contributed by atoms with Crippen LogP contribution in [0.4, 0.5) is 13.2 Å². The molecule has 1 aromatic heterocycles. The number of hydrogen-bond donors (Lipinski definition) is 0. The summed E-state index contributed by atoms with van der Waals surface area (Å²) >= 11 is 0. The predicted molar refractivity (Wildman–Crippen MR) is 104 cm³/mol. The van der Waals surface area contributed by atoms with Crippen LogP contribution in [0.25, 0.3) is 0 Å². The van der Waals surface area contributed by atoms with Crippen LogP contribution in [-0.2, 0) is 12.8 Å². The maximum Gasteiger partial charge on any atom is 0.573 e. The van der Waals surface area contributed by atoms with Gasteiger partial charge in [0, 0.05) is 30.9 Å². The van der Waals surface area contributed by atoms with Crippen LogP contribution >= 0.6 is 0 Å². The maximum absolute atomic E-state index is 12.6. The van der Waals surface area contributed by atoms with Gasteiger partial charge < -0.3 is 9.64 Å². The lowest BCUT2D eigenvalue weighted by atomic mass is 9.95. The molecule has 1 aliphatic heterocycles. The van der Waals surface area contributed by atoms with Crippen LogP contribution in [0.1, 0.15) is 66.3 Å². The topological polar surface area (TPSA) is 55.3 Å². The normalized spacial score (nSPS) is 21.3. The number of likely N-dealkylation sites (tertiary alicyclic amines) is 1. The predicted octanol–water partition coefficient (Wildman–Crippen LogP) is 4.66. The average molecular weight is 419 g/mol. The number of carbonyl (C=O) groups is 1. The molecule has 1 amide bonds. The minimum Gasteiger partial charge on any atom is -0.406 e. The van der Waals surface area contributed by atoms with Crippen LogP contribution in [0.2, 0.25) is 0 Å². The van der Waals surface area contributed by atoms with Gasteiger partial charge in [-0.3, -0.25) is 4.79 Å². The number of halogens is 3. The highest BCUT2D eigenvalue weighted by Crippen LogP contribution is 2.42. The Balaban J connectivity index is 1.42. The summed E-state index contributed by atoms with van der Waals surface area (Å²) in [5, 5.41) is 0. The molecule has 2 aliphatic rings. The Kier molecular flexibility index (Phi) is 5.42. The first-order valence-electron chi connectivity index (χ1n) is 10.2. The van der Waals surface area contributed by atoms with Crippen LogP contribution in [0.15, 0.2) is 30.6 Å². The van der Waals surface area contributed by atoms with E-state index in [4.69, 9.17) is 0 Å². The highest BCUT2D eigenvalue weighted by Gasteiger charge is 2.36. The van der Waals surface area contributed by atoms with Crippen LogP contribution in [0.5, 0.6) is 5.75 Å². The molecule has 0 N–H and O–H groups in total. The number of ether oxygens (including phenoxy) is 1. The monoisotopic (exact) mass is 419 g/mol. The van der Waals surface area contributed by atoms with Gasteiger partial charge >= 0.3 is 6.36 Å². The molecule has 2 atom stereocenters. The first-order valence-corrected chi connectivity index (χ1v) is 10.2. The largest absolute Gasteiger partial charge is 0.573 e. The number of hydrogen-bond acceptors (Lipinski definition) is 4. The number of aromatic nitrogens is 2. The van der Waals surface area contributed by atoms with Crippen molar-refractivity contribution < 1.29 is 22.7 Å². The number of amides is 1. The van der Waals surface area contributed by atoms with E-state index in [0.717, 1.165) is 30.4 Å². The van der Waals surface area contributed by atoms with Gasteiger partial charge in [-0.15, -0.1) is 13.2 Å². The average Bonchev–Trinajstić information content (AvgIpc) is 3.50. The second-order valence-corrected chi connectivity index (χ2v) is 8.27. The molecule has 30 heavy (non-hydrogen) atoms. The Morgan fingerprint density at radius 2 is 1.77 bits per heavy atom. The maximum atomic E-state index is 12.6. The highest BCUT2D eigenvalue weighted by molar-refractivity contribution is 5.94. The Morgan fingerprint density at radius 3 is 2.33 bits per heavy atom. The zero-order valence-electron chi connectivity index (χ0n) is 16.9. The molecule has 1 saturated carbocycles. The minimum absolute atomic E-state index is 0.0705. The summed E-state index contributed by atoms with van der Waals surface area (Å²) in [7, 11) is 0. The Labute approximate surface area is 173 Å². The lowest BCUT2D eigenvalue weighted by Crippen LogP contribution is -2.55. The SMILES string of the molecule is CC1CC(C)N1C(=O)c1cnc(CCc2cc(OC(F)(F)F)cc(C3CC3)c2)nc1. The molecule has 1 aromatic carbocycles. The highest BCUT2D eigenvalue weighted by atomic mass is 19.4. The lowest BCUT2D eigenvalue weighted by Gasteiger charge is -2.45. The molecule has 1 aliphatic carbocycles. The van der Waals surface area contributed by atoms with E-state index >= 15 is 0 Å². The van der Waals surface area contributed by atoms with Crippen molar-refractivity contribution in [2.75, 3.05) is 0 Å². The van der Waals surface area contributed by atoms with Crippen molar-refractivity contribution in [2.45, 2.75) is 70.3 Å². The molecule has 0 radical (unpaired) electrons. The third kappa shape index (κ3) is 4.74. The van der Waals surface area contributed by atoms with E-state index in [9.17, 15) is 18.0 Å². The summed E-state index contributed by atoms with van der Waals surface area (Å²) < 4.78 is 42.0. The van der Waals surface area contributed by atoms with E-state index in [1.165, 1.54) is 24.5 Å². The van der Waals surface area contributed by atoms with Crippen molar-refractivity contribution in [2.24, 2.45) is 0 Å². The Hall–Kier alpha value is -2.64. The van der Waals surface area contributed by atoms with Gasteiger partial charge in [0.15, 0.2) is 0 Å². The number of alkyl halides is 3. The van der Waals surface area contributed by atoms with Crippen molar-refractivity contribution in [3.05, 3.63) is 53.1 Å². The second kappa shape index (κ2) is 7.89. The molecule has 1 saturated heterocycles. The first kappa shape index (κ1) is 20.6. The number of aryl methyl sites for hydroxylation is 2.